The largest absolute Gasteiger partial charge is 0.300 e. The number of fused-ring (bicyclic) bond motifs is 1. The second-order valence-corrected chi connectivity index (χ2v) is 4.90. The fourth-order valence-corrected chi connectivity index (χ4v) is 2.90. The molecule has 3 rings (SSSR count). The predicted molar refractivity (Wildman–Crippen MR) is 70.2 cm³/mol. The molecule has 2 aromatic carbocycles. The van der Waals surface area contributed by atoms with Crippen LogP contribution >= 0.6 is 0 Å². The molecular formula is C16H16O. The van der Waals surface area contributed by atoms with E-state index in [4.69, 9.17) is 0 Å². The smallest absolute Gasteiger partial charge is 0.133 e. The van der Waals surface area contributed by atoms with E-state index in [-0.39, 0.29) is 0 Å². The van der Waals surface area contributed by atoms with Gasteiger partial charge in [-0.25, -0.2) is 0 Å². The van der Waals surface area contributed by atoms with Gasteiger partial charge in [-0.15, -0.1) is 0 Å². The first-order valence-electron chi connectivity index (χ1n) is 6.34. The average Bonchev–Trinajstić information content (AvgIpc) is 2.38. The lowest BCUT2D eigenvalue weighted by Gasteiger charge is -2.22. The molecule has 1 heteroatoms. The molecule has 1 aliphatic carbocycles. The Morgan fingerprint density at radius 1 is 1.00 bits per heavy atom. The van der Waals surface area contributed by atoms with Crippen LogP contribution in [0.2, 0.25) is 0 Å². The van der Waals surface area contributed by atoms with Crippen LogP contribution in [-0.2, 0) is 4.79 Å². The highest BCUT2D eigenvalue weighted by Gasteiger charge is 2.22. The monoisotopic (exact) mass is 224 g/mol. The average molecular weight is 224 g/mol. The lowest BCUT2D eigenvalue weighted by molar-refractivity contribution is -0.120. The van der Waals surface area contributed by atoms with Crippen LogP contribution in [0.1, 0.15) is 37.2 Å². The van der Waals surface area contributed by atoms with E-state index in [0.717, 1.165) is 25.7 Å². The SMILES string of the molecule is O=C1CCC[C@@H](c2cccc3ccccc23)C1. The molecule has 1 saturated carbocycles. The van der Waals surface area contributed by atoms with Crippen molar-refractivity contribution in [3.05, 3.63) is 48.0 Å². The van der Waals surface area contributed by atoms with E-state index >= 15 is 0 Å². The van der Waals surface area contributed by atoms with E-state index in [0.29, 0.717) is 11.7 Å². The Hall–Kier alpha value is -1.63. The second-order valence-electron chi connectivity index (χ2n) is 4.90. The van der Waals surface area contributed by atoms with Gasteiger partial charge in [0.05, 0.1) is 0 Å². The number of carbonyl (C=O) groups excluding carboxylic acids is 1. The van der Waals surface area contributed by atoms with Crippen molar-refractivity contribution in [2.75, 3.05) is 0 Å². The summed E-state index contributed by atoms with van der Waals surface area (Å²) >= 11 is 0. The maximum Gasteiger partial charge on any atom is 0.133 e. The van der Waals surface area contributed by atoms with E-state index in [9.17, 15) is 4.79 Å². The van der Waals surface area contributed by atoms with Crippen molar-refractivity contribution in [1.29, 1.82) is 0 Å². The zero-order valence-electron chi connectivity index (χ0n) is 9.86. The minimum Gasteiger partial charge on any atom is -0.300 e. The first-order valence-corrected chi connectivity index (χ1v) is 6.34. The van der Waals surface area contributed by atoms with Gasteiger partial charge in [0, 0.05) is 12.8 Å². The molecule has 1 fully saturated rings. The van der Waals surface area contributed by atoms with Crippen LogP contribution in [0.4, 0.5) is 0 Å². The summed E-state index contributed by atoms with van der Waals surface area (Å²) in [5, 5.41) is 2.60. The summed E-state index contributed by atoms with van der Waals surface area (Å²) in [6.07, 6.45) is 3.71. The summed E-state index contributed by atoms with van der Waals surface area (Å²) in [6.45, 7) is 0. The Labute approximate surface area is 101 Å². The Bertz CT molecular complexity index is 551. The van der Waals surface area contributed by atoms with Crippen molar-refractivity contribution in [2.24, 2.45) is 0 Å². The molecule has 1 atom stereocenters. The van der Waals surface area contributed by atoms with Gasteiger partial charge in [0.2, 0.25) is 0 Å². The lowest BCUT2D eigenvalue weighted by atomic mass is 9.81. The van der Waals surface area contributed by atoms with Gasteiger partial charge in [-0.1, -0.05) is 42.5 Å². The van der Waals surface area contributed by atoms with E-state index in [1.807, 2.05) is 0 Å². The molecule has 1 aliphatic rings. The molecule has 0 spiro atoms. The highest BCUT2D eigenvalue weighted by atomic mass is 16.1. The van der Waals surface area contributed by atoms with Crippen LogP contribution in [0, 0.1) is 0 Å². The Balaban J connectivity index is 2.07. The number of benzene rings is 2. The van der Waals surface area contributed by atoms with Crippen molar-refractivity contribution in [3.8, 4) is 0 Å². The lowest BCUT2D eigenvalue weighted by Crippen LogP contribution is -2.13. The number of rotatable bonds is 1. The summed E-state index contributed by atoms with van der Waals surface area (Å²) < 4.78 is 0. The predicted octanol–water partition coefficient (Wildman–Crippen LogP) is 4.07. The molecule has 0 radical (unpaired) electrons. The zero-order chi connectivity index (χ0) is 11.7. The summed E-state index contributed by atoms with van der Waals surface area (Å²) in [6, 6.07) is 14.9. The number of Topliss-reactive ketones (excluding diaryl/α,β-unsaturated/α-hetero) is 1. The normalized spacial score (nSPS) is 20.7. The van der Waals surface area contributed by atoms with Crippen LogP contribution in [-0.4, -0.2) is 5.78 Å². The number of hydrogen-bond acceptors (Lipinski definition) is 1. The van der Waals surface area contributed by atoms with Gasteiger partial charge in [0.25, 0.3) is 0 Å². The van der Waals surface area contributed by atoms with Gasteiger partial charge in [-0.2, -0.15) is 0 Å². The third kappa shape index (κ3) is 1.97. The summed E-state index contributed by atoms with van der Waals surface area (Å²) in [5.41, 5.74) is 1.36. The summed E-state index contributed by atoms with van der Waals surface area (Å²) in [7, 11) is 0. The van der Waals surface area contributed by atoms with Gasteiger partial charge < -0.3 is 0 Å². The molecule has 0 unspecified atom stereocenters. The highest BCUT2D eigenvalue weighted by molar-refractivity contribution is 5.87. The molecule has 0 amide bonds. The molecule has 0 aliphatic heterocycles. The molecule has 86 valence electrons. The number of ketones is 1. The molecule has 1 nitrogen and oxygen atoms in total. The van der Waals surface area contributed by atoms with E-state index in [1.165, 1.54) is 16.3 Å². The fraction of sp³-hybridized carbons (Fsp3) is 0.312. The Morgan fingerprint density at radius 3 is 2.71 bits per heavy atom. The summed E-state index contributed by atoms with van der Waals surface area (Å²) in [4.78, 5) is 11.6. The van der Waals surface area contributed by atoms with Gasteiger partial charge in [0.1, 0.15) is 5.78 Å². The van der Waals surface area contributed by atoms with Crippen molar-refractivity contribution < 1.29 is 4.79 Å². The van der Waals surface area contributed by atoms with Crippen molar-refractivity contribution in [1.82, 2.24) is 0 Å². The summed E-state index contributed by atoms with van der Waals surface area (Å²) in [5.74, 6) is 0.858. The molecule has 0 aromatic heterocycles. The standard InChI is InChI=1S/C16H16O/c17-14-8-3-7-13(11-14)16-10-4-6-12-5-1-2-9-15(12)16/h1-2,4-6,9-10,13H,3,7-8,11H2/t13-/m1/s1. The van der Waals surface area contributed by atoms with Crippen LogP contribution in [0.15, 0.2) is 42.5 Å². The third-order valence-electron chi connectivity index (χ3n) is 3.75. The molecule has 2 aromatic rings. The minimum absolute atomic E-state index is 0.425. The van der Waals surface area contributed by atoms with Crippen LogP contribution in [0.3, 0.4) is 0 Å². The van der Waals surface area contributed by atoms with Crippen LogP contribution in [0.25, 0.3) is 10.8 Å². The molecule has 0 N–H and O–H groups in total. The van der Waals surface area contributed by atoms with Gasteiger partial charge in [-0.3, -0.25) is 4.79 Å². The van der Waals surface area contributed by atoms with E-state index < -0.39 is 0 Å². The number of carbonyl (C=O) groups is 1. The van der Waals surface area contributed by atoms with Gasteiger partial charge in [-0.05, 0) is 35.1 Å². The first-order chi connectivity index (χ1) is 8.34. The van der Waals surface area contributed by atoms with Crippen molar-refractivity contribution >= 4 is 16.6 Å². The van der Waals surface area contributed by atoms with Crippen molar-refractivity contribution in [3.63, 3.8) is 0 Å². The second kappa shape index (κ2) is 4.33. The van der Waals surface area contributed by atoms with E-state index in [2.05, 4.69) is 42.5 Å². The fourth-order valence-electron chi connectivity index (χ4n) is 2.90. The van der Waals surface area contributed by atoms with Crippen molar-refractivity contribution in [2.45, 2.75) is 31.6 Å². The Morgan fingerprint density at radius 2 is 1.82 bits per heavy atom. The molecule has 17 heavy (non-hydrogen) atoms. The maximum absolute atomic E-state index is 11.6. The van der Waals surface area contributed by atoms with Crippen LogP contribution < -0.4 is 0 Å². The van der Waals surface area contributed by atoms with Gasteiger partial charge >= 0.3 is 0 Å². The topological polar surface area (TPSA) is 17.1 Å². The molecule has 0 saturated heterocycles. The molecule has 0 heterocycles. The Kier molecular flexibility index (Phi) is 2.68. The highest BCUT2D eigenvalue weighted by Crippen LogP contribution is 2.34. The molecular weight excluding hydrogens is 208 g/mol. The molecule has 0 bridgehead atoms. The van der Waals surface area contributed by atoms with Crippen LogP contribution in [0.5, 0.6) is 0 Å². The maximum atomic E-state index is 11.6. The first kappa shape index (κ1) is 10.5. The number of hydrogen-bond donors (Lipinski definition) is 0. The van der Waals surface area contributed by atoms with Gasteiger partial charge in [0.15, 0.2) is 0 Å². The van der Waals surface area contributed by atoms with E-state index in [1.54, 1.807) is 0 Å². The quantitative estimate of drug-likeness (QED) is 0.713. The third-order valence-corrected chi connectivity index (χ3v) is 3.75. The minimum atomic E-state index is 0.425. The zero-order valence-corrected chi connectivity index (χ0v) is 9.86.